The molecule has 0 N–H and O–H groups in total. The first-order chi connectivity index (χ1) is 7.70. The zero-order chi connectivity index (χ0) is 11.5. The van der Waals surface area contributed by atoms with Crippen LogP contribution in [0, 0.1) is 24.6 Å². The largest absolute Gasteiger partial charge is 0.207 e. The number of benzene rings is 1. The minimum absolute atomic E-state index is 0.0987. The second-order valence-electron chi connectivity index (χ2n) is 5.13. The molecule has 0 aromatic heterocycles. The third kappa shape index (κ3) is 2.84. The molecule has 0 bridgehead atoms. The van der Waals surface area contributed by atoms with Gasteiger partial charge >= 0.3 is 0 Å². The van der Waals surface area contributed by atoms with Crippen LogP contribution in [-0.2, 0) is 6.42 Å². The molecule has 0 saturated heterocycles. The molecule has 1 aliphatic carbocycles. The van der Waals surface area contributed by atoms with Crippen LogP contribution in [0.25, 0.3) is 0 Å². The van der Waals surface area contributed by atoms with Gasteiger partial charge in [-0.25, -0.2) is 4.39 Å². The van der Waals surface area contributed by atoms with Gasteiger partial charge in [-0.2, -0.15) is 0 Å². The molecule has 16 heavy (non-hydrogen) atoms. The highest BCUT2D eigenvalue weighted by Gasteiger charge is 2.33. The minimum atomic E-state index is -0.0987. The van der Waals surface area contributed by atoms with Crippen LogP contribution in [0.4, 0.5) is 4.39 Å². The van der Waals surface area contributed by atoms with Crippen LogP contribution in [0.5, 0.6) is 0 Å². The van der Waals surface area contributed by atoms with E-state index >= 15 is 0 Å². The van der Waals surface area contributed by atoms with Gasteiger partial charge in [-0.05, 0) is 67.7 Å². The lowest BCUT2D eigenvalue weighted by Crippen LogP contribution is -1.92. The predicted molar refractivity (Wildman–Crippen MR) is 66.0 cm³/mol. The number of rotatable bonds is 5. The van der Waals surface area contributed by atoms with Crippen molar-refractivity contribution in [1.82, 2.24) is 0 Å². The van der Waals surface area contributed by atoms with Crippen molar-refractivity contribution in [1.29, 1.82) is 0 Å². The first-order valence-corrected chi connectivity index (χ1v) is 6.45. The van der Waals surface area contributed by atoms with Crippen molar-refractivity contribution in [2.45, 2.75) is 46.0 Å². The van der Waals surface area contributed by atoms with Gasteiger partial charge in [-0.3, -0.25) is 0 Å². The quantitative estimate of drug-likeness (QED) is 0.685. The van der Waals surface area contributed by atoms with Gasteiger partial charge in [0.1, 0.15) is 5.82 Å². The van der Waals surface area contributed by atoms with Crippen molar-refractivity contribution < 1.29 is 4.39 Å². The Morgan fingerprint density at radius 3 is 2.81 bits per heavy atom. The summed E-state index contributed by atoms with van der Waals surface area (Å²) in [4.78, 5) is 0. The second-order valence-corrected chi connectivity index (χ2v) is 5.13. The smallest absolute Gasteiger partial charge is 0.123 e. The maximum Gasteiger partial charge on any atom is 0.123 e. The molecule has 1 saturated carbocycles. The van der Waals surface area contributed by atoms with Crippen molar-refractivity contribution in [2.75, 3.05) is 0 Å². The average Bonchev–Trinajstić information content (AvgIpc) is 3.02. The van der Waals surface area contributed by atoms with Gasteiger partial charge in [-0.1, -0.05) is 19.4 Å². The molecule has 1 fully saturated rings. The standard InChI is InChI=1S/C15H21F/c1-3-12-9-14(12)6-4-5-13-10-15(16)8-7-11(13)2/h7-8,10,12,14H,3-6,9H2,1-2H3. The summed E-state index contributed by atoms with van der Waals surface area (Å²) in [6.07, 6.45) is 6.35. The van der Waals surface area contributed by atoms with Crippen molar-refractivity contribution >= 4 is 0 Å². The van der Waals surface area contributed by atoms with E-state index in [4.69, 9.17) is 0 Å². The Labute approximate surface area is 97.9 Å². The van der Waals surface area contributed by atoms with Gasteiger partial charge in [0, 0.05) is 0 Å². The predicted octanol–water partition coefficient (Wildman–Crippen LogP) is 4.50. The lowest BCUT2D eigenvalue weighted by molar-refractivity contribution is 0.595. The van der Waals surface area contributed by atoms with Crippen molar-refractivity contribution in [2.24, 2.45) is 11.8 Å². The maximum absolute atomic E-state index is 13.1. The van der Waals surface area contributed by atoms with Crippen LogP contribution in [0.15, 0.2) is 18.2 Å². The van der Waals surface area contributed by atoms with Crippen LogP contribution >= 0.6 is 0 Å². The third-order valence-corrected chi connectivity index (χ3v) is 3.93. The Bertz CT molecular complexity index is 356. The minimum Gasteiger partial charge on any atom is -0.207 e. The summed E-state index contributed by atoms with van der Waals surface area (Å²) in [5.74, 6) is 1.87. The molecule has 1 aliphatic rings. The molecule has 1 aromatic carbocycles. The molecule has 0 spiro atoms. The van der Waals surface area contributed by atoms with E-state index in [1.165, 1.54) is 36.8 Å². The number of hydrogen-bond acceptors (Lipinski definition) is 0. The molecule has 88 valence electrons. The van der Waals surface area contributed by atoms with Crippen LogP contribution in [0.1, 0.15) is 43.7 Å². The Hall–Kier alpha value is -0.850. The lowest BCUT2D eigenvalue weighted by Gasteiger charge is -2.05. The molecular formula is C15H21F. The Morgan fingerprint density at radius 1 is 1.31 bits per heavy atom. The molecule has 2 rings (SSSR count). The number of hydrogen-bond donors (Lipinski definition) is 0. The fraction of sp³-hybridized carbons (Fsp3) is 0.600. The first-order valence-electron chi connectivity index (χ1n) is 6.45. The Morgan fingerprint density at radius 2 is 2.12 bits per heavy atom. The third-order valence-electron chi connectivity index (χ3n) is 3.93. The lowest BCUT2D eigenvalue weighted by atomic mass is 10.0. The zero-order valence-electron chi connectivity index (χ0n) is 10.3. The maximum atomic E-state index is 13.1. The fourth-order valence-corrected chi connectivity index (χ4v) is 2.63. The van der Waals surface area contributed by atoms with Crippen molar-refractivity contribution in [3.8, 4) is 0 Å². The summed E-state index contributed by atoms with van der Waals surface area (Å²) in [7, 11) is 0. The van der Waals surface area contributed by atoms with Crippen LogP contribution < -0.4 is 0 Å². The van der Waals surface area contributed by atoms with Crippen molar-refractivity contribution in [3.63, 3.8) is 0 Å². The number of aryl methyl sites for hydroxylation is 2. The normalized spacial score (nSPS) is 23.4. The summed E-state index contributed by atoms with van der Waals surface area (Å²) in [5, 5.41) is 0. The van der Waals surface area contributed by atoms with E-state index in [2.05, 4.69) is 13.8 Å². The van der Waals surface area contributed by atoms with Gasteiger partial charge in [0.15, 0.2) is 0 Å². The second kappa shape index (κ2) is 4.99. The highest BCUT2D eigenvalue weighted by atomic mass is 19.1. The highest BCUT2D eigenvalue weighted by molar-refractivity contribution is 5.26. The zero-order valence-corrected chi connectivity index (χ0v) is 10.3. The summed E-state index contributed by atoms with van der Waals surface area (Å²) < 4.78 is 13.1. The SMILES string of the molecule is CCC1CC1CCCc1cc(F)ccc1C. The topological polar surface area (TPSA) is 0 Å². The summed E-state index contributed by atoms with van der Waals surface area (Å²) in [6, 6.07) is 5.13. The van der Waals surface area contributed by atoms with Gasteiger partial charge < -0.3 is 0 Å². The fourth-order valence-electron chi connectivity index (χ4n) is 2.63. The highest BCUT2D eigenvalue weighted by Crippen LogP contribution is 2.44. The Balaban J connectivity index is 1.79. The van der Waals surface area contributed by atoms with E-state index < -0.39 is 0 Å². The number of halogens is 1. The van der Waals surface area contributed by atoms with Gasteiger partial charge in [0.25, 0.3) is 0 Å². The van der Waals surface area contributed by atoms with Crippen LogP contribution in [-0.4, -0.2) is 0 Å². The molecule has 0 heterocycles. The first kappa shape index (κ1) is 11.6. The van der Waals surface area contributed by atoms with E-state index in [0.29, 0.717) is 0 Å². The van der Waals surface area contributed by atoms with Gasteiger partial charge in [-0.15, -0.1) is 0 Å². The molecular weight excluding hydrogens is 199 g/mol. The molecule has 1 heteroatoms. The molecule has 0 aliphatic heterocycles. The molecule has 0 amide bonds. The monoisotopic (exact) mass is 220 g/mol. The Kier molecular flexibility index (Phi) is 3.63. The molecule has 0 radical (unpaired) electrons. The van der Waals surface area contributed by atoms with E-state index in [0.717, 1.165) is 18.3 Å². The summed E-state index contributed by atoms with van der Waals surface area (Å²) >= 11 is 0. The van der Waals surface area contributed by atoms with Gasteiger partial charge in [0.2, 0.25) is 0 Å². The van der Waals surface area contributed by atoms with Crippen molar-refractivity contribution in [3.05, 3.63) is 35.1 Å². The van der Waals surface area contributed by atoms with Crippen LogP contribution in [0.2, 0.25) is 0 Å². The molecule has 2 unspecified atom stereocenters. The van der Waals surface area contributed by atoms with E-state index in [1.54, 1.807) is 12.1 Å². The van der Waals surface area contributed by atoms with Crippen LogP contribution in [0.3, 0.4) is 0 Å². The molecule has 1 aromatic rings. The van der Waals surface area contributed by atoms with E-state index in [9.17, 15) is 4.39 Å². The molecule has 2 atom stereocenters. The average molecular weight is 220 g/mol. The van der Waals surface area contributed by atoms with E-state index in [1.807, 2.05) is 6.07 Å². The summed E-state index contributed by atoms with van der Waals surface area (Å²) in [6.45, 7) is 4.35. The van der Waals surface area contributed by atoms with Gasteiger partial charge in [0.05, 0.1) is 0 Å². The summed E-state index contributed by atoms with van der Waals surface area (Å²) in [5.41, 5.74) is 2.41. The molecule has 0 nitrogen and oxygen atoms in total. The van der Waals surface area contributed by atoms with E-state index in [-0.39, 0.29) is 5.82 Å².